The summed E-state index contributed by atoms with van der Waals surface area (Å²) in [6.07, 6.45) is 2.80. The van der Waals surface area contributed by atoms with Crippen LogP contribution in [0.5, 0.6) is 0 Å². The summed E-state index contributed by atoms with van der Waals surface area (Å²) in [6, 6.07) is 27.5. The largest absolute Gasteiger partial charge is 0.403 e. The van der Waals surface area contributed by atoms with Crippen molar-refractivity contribution >= 4 is 30.3 Å². The zero-order valence-corrected chi connectivity index (χ0v) is 21.1. The summed E-state index contributed by atoms with van der Waals surface area (Å²) in [7, 11) is -2.66. The summed E-state index contributed by atoms with van der Waals surface area (Å²) < 4.78 is 9.41. The molecule has 2 atom stereocenters. The van der Waals surface area contributed by atoms with Crippen LogP contribution >= 0.6 is 0 Å². The molecule has 2 N–H and O–H groups in total. The number of aromatic nitrogens is 3. The predicted molar refractivity (Wildman–Crippen MR) is 140 cm³/mol. The summed E-state index contributed by atoms with van der Waals surface area (Å²) in [5.74, 6) is 0.821. The molecular formula is C27H33N5OSi. The number of pyridine rings is 1. The highest BCUT2D eigenvalue weighted by Crippen LogP contribution is 2.38. The van der Waals surface area contributed by atoms with Crippen LogP contribution in [0.4, 0.5) is 5.95 Å². The third-order valence-corrected chi connectivity index (χ3v) is 11.9. The lowest BCUT2D eigenvalue weighted by Gasteiger charge is -2.47. The van der Waals surface area contributed by atoms with Gasteiger partial charge in [-0.3, -0.25) is 4.40 Å². The first-order valence-electron chi connectivity index (χ1n) is 12.0. The van der Waals surface area contributed by atoms with E-state index in [-0.39, 0.29) is 17.2 Å². The molecule has 3 heterocycles. The minimum atomic E-state index is -2.66. The van der Waals surface area contributed by atoms with E-state index in [1.165, 1.54) is 10.4 Å². The smallest absolute Gasteiger partial charge is 0.261 e. The van der Waals surface area contributed by atoms with Crippen LogP contribution in [0.25, 0.3) is 5.65 Å². The van der Waals surface area contributed by atoms with Crippen LogP contribution in [0.3, 0.4) is 0 Å². The molecule has 6 nitrogen and oxygen atoms in total. The van der Waals surface area contributed by atoms with Gasteiger partial charge in [0.1, 0.15) is 0 Å². The van der Waals surface area contributed by atoms with Gasteiger partial charge in [-0.1, -0.05) is 87.5 Å². The number of nitrogens with two attached hydrogens (primary N) is 1. The number of hydrogen-bond donors (Lipinski definition) is 1. The van der Waals surface area contributed by atoms with Crippen LogP contribution in [0.2, 0.25) is 5.04 Å². The quantitative estimate of drug-likeness (QED) is 0.453. The molecule has 2 aromatic heterocycles. The zero-order valence-electron chi connectivity index (χ0n) is 20.1. The molecule has 2 unspecified atom stereocenters. The lowest BCUT2D eigenvalue weighted by atomic mass is 10.0. The Labute approximate surface area is 202 Å². The van der Waals surface area contributed by atoms with Crippen LogP contribution < -0.4 is 21.0 Å². The maximum Gasteiger partial charge on any atom is 0.261 e. The number of benzene rings is 2. The molecule has 1 fully saturated rings. The summed E-state index contributed by atoms with van der Waals surface area (Å²) in [6.45, 7) is 8.40. The molecule has 0 radical (unpaired) electrons. The highest BCUT2D eigenvalue weighted by atomic mass is 28.4. The van der Waals surface area contributed by atoms with E-state index in [2.05, 4.69) is 96.5 Å². The van der Waals surface area contributed by atoms with Crippen LogP contribution in [-0.2, 0) is 4.43 Å². The van der Waals surface area contributed by atoms with Crippen molar-refractivity contribution in [2.24, 2.45) is 5.73 Å². The van der Waals surface area contributed by atoms with Crippen molar-refractivity contribution in [3.05, 3.63) is 85.1 Å². The van der Waals surface area contributed by atoms with E-state index in [1.807, 2.05) is 28.8 Å². The van der Waals surface area contributed by atoms with Gasteiger partial charge in [-0.15, -0.1) is 10.2 Å². The van der Waals surface area contributed by atoms with Gasteiger partial charge in [0.15, 0.2) is 5.65 Å². The third-order valence-electron chi connectivity index (χ3n) is 6.78. The van der Waals surface area contributed by atoms with Crippen LogP contribution in [-0.4, -0.2) is 48.2 Å². The number of anilines is 1. The van der Waals surface area contributed by atoms with Gasteiger partial charge < -0.3 is 15.1 Å². The van der Waals surface area contributed by atoms with Gasteiger partial charge in [0, 0.05) is 25.3 Å². The van der Waals surface area contributed by atoms with Crippen molar-refractivity contribution in [3.63, 3.8) is 0 Å². The first-order chi connectivity index (χ1) is 16.4. The standard InChI is InChI=1S/C27H33N5OSi/c1-27(2,3)34(23-12-6-4-7-13-23,24-14-8-5-9-15-24)33-22-18-21(28)19-31(20-22)26-30-29-25-16-10-11-17-32(25)26/h4-17,21-22H,18-20,28H2,1-3H3. The van der Waals surface area contributed by atoms with Gasteiger partial charge in [-0.25, -0.2) is 0 Å². The number of piperidine rings is 1. The third kappa shape index (κ3) is 4.04. The lowest BCUT2D eigenvalue weighted by molar-refractivity contribution is 0.157. The second-order valence-corrected chi connectivity index (χ2v) is 14.5. The molecule has 2 aromatic carbocycles. The Morgan fingerprint density at radius 2 is 1.47 bits per heavy atom. The Kier molecular flexibility index (Phi) is 6.01. The Morgan fingerprint density at radius 3 is 2.09 bits per heavy atom. The normalized spacial score (nSPS) is 19.5. The maximum atomic E-state index is 7.39. The zero-order chi connectivity index (χ0) is 23.8. The van der Waals surface area contributed by atoms with E-state index in [0.29, 0.717) is 0 Å². The van der Waals surface area contributed by atoms with Crippen LogP contribution in [0, 0.1) is 0 Å². The number of hydrogen-bond acceptors (Lipinski definition) is 5. The fourth-order valence-electron chi connectivity index (χ4n) is 5.32. The summed E-state index contributed by atoms with van der Waals surface area (Å²) in [5, 5.41) is 11.3. The average Bonchev–Trinajstić information content (AvgIpc) is 3.27. The Bertz CT molecular complexity index is 1200. The molecule has 1 aliphatic heterocycles. The Balaban J connectivity index is 1.56. The fraction of sp³-hybridized carbons (Fsp3) is 0.333. The van der Waals surface area contributed by atoms with Crippen molar-refractivity contribution in [2.75, 3.05) is 18.0 Å². The second-order valence-electron chi connectivity index (χ2n) is 10.2. The fourth-order valence-corrected chi connectivity index (χ4v) is 10.0. The average molecular weight is 472 g/mol. The maximum absolute atomic E-state index is 7.39. The first kappa shape index (κ1) is 22.8. The molecule has 7 heteroatoms. The molecule has 176 valence electrons. The van der Waals surface area contributed by atoms with E-state index in [1.54, 1.807) is 0 Å². The number of nitrogens with zero attached hydrogens (tertiary/aromatic N) is 4. The van der Waals surface area contributed by atoms with Crippen molar-refractivity contribution in [1.82, 2.24) is 14.6 Å². The highest BCUT2D eigenvalue weighted by Gasteiger charge is 2.52. The Hall–Kier alpha value is -3.00. The molecule has 0 bridgehead atoms. The Morgan fingerprint density at radius 1 is 0.853 bits per heavy atom. The molecule has 0 aliphatic carbocycles. The second kappa shape index (κ2) is 8.98. The SMILES string of the molecule is CC(C)(C)[Si](OC1CC(N)CN(c2nnc3ccccn23)C1)(c1ccccc1)c1ccccc1. The van der Waals surface area contributed by atoms with E-state index in [4.69, 9.17) is 10.2 Å². The summed E-state index contributed by atoms with van der Waals surface area (Å²) in [5.41, 5.74) is 7.44. The molecule has 5 rings (SSSR count). The number of rotatable bonds is 5. The van der Waals surface area contributed by atoms with Gasteiger partial charge in [0.05, 0.1) is 6.10 Å². The molecule has 4 aromatic rings. The van der Waals surface area contributed by atoms with E-state index in [9.17, 15) is 0 Å². The molecule has 1 saturated heterocycles. The van der Waals surface area contributed by atoms with Gasteiger partial charge in [0.2, 0.25) is 5.95 Å². The van der Waals surface area contributed by atoms with Crippen molar-refractivity contribution in [3.8, 4) is 0 Å². The lowest BCUT2D eigenvalue weighted by Crippen LogP contribution is -2.69. The topological polar surface area (TPSA) is 68.7 Å². The van der Waals surface area contributed by atoms with Crippen molar-refractivity contribution < 1.29 is 4.43 Å². The summed E-state index contributed by atoms with van der Waals surface area (Å²) >= 11 is 0. The van der Waals surface area contributed by atoms with Crippen molar-refractivity contribution in [2.45, 2.75) is 44.4 Å². The van der Waals surface area contributed by atoms with Gasteiger partial charge in [-0.05, 0) is 34.0 Å². The molecule has 1 aliphatic rings. The van der Waals surface area contributed by atoms with Gasteiger partial charge >= 0.3 is 0 Å². The minimum absolute atomic E-state index is 0.00646. The van der Waals surface area contributed by atoms with E-state index < -0.39 is 8.32 Å². The number of fused-ring (bicyclic) bond motifs is 1. The minimum Gasteiger partial charge on any atom is -0.403 e. The van der Waals surface area contributed by atoms with E-state index in [0.717, 1.165) is 31.1 Å². The van der Waals surface area contributed by atoms with Crippen molar-refractivity contribution in [1.29, 1.82) is 0 Å². The first-order valence-corrected chi connectivity index (χ1v) is 13.9. The van der Waals surface area contributed by atoms with E-state index >= 15 is 0 Å². The molecular weight excluding hydrogens is 438 g/mol. The molecule has 0 amide bonds. The van der Waals surface area contributed by atoms with Gasteiger partial charge in [0.25, 0.3) is 8.32 Å². The molecule has 0 spiro atoms. The predicted octanol–water partition coefficient (Wildman–Crippen LogP) is 3.21. The van der Waals surface area contributed by atoms with Gasteiger partial charge in [-0.2, -0.15) is 0 Å². The van der Waals surface area contributed by atoms with Crippen LogP contribution in [0.15, 0.2) is 85.1 Å². The molecule has 34 heavy (non-hydrogen) atoms. The summed E-state index contributed by atoms with van der Waals surface area (Å²) in [4.78, 5) is 2.23. The highest BCUT2D eigenvalue weighted by molar-refractivity contribution is 6.99. The van der Waals surface area contributed by atoms with Crippen LogP contribution in [0.1, 0.15) is 27.2 Å². The monoisotopic (exact) mass is 471 g/mol. The molecule has 0 saturated carbocycles.